The molecule has 0 saturated carbocycles. The van der Waals surface area contributed by atoms with E-state index in [0.29, 0.717) is 22.3 Å². The van der Waals surface area contributed by atoms with Crippen molar-refractivity contribution in [3.8, 4) is 5.69 Å². The minimum absolute atomic E-state index is 0.0226. The first-order valence-electron chi connectivity index (χ1n) is 9.29. The van der Waals surface area contributed by atoms with E-state index >= 15 is 0 Å². The Bertz CT molecular complexity index is 1260. The van der Waals surface area contributed by atoms with Gasteiger partial charge in [-0.2, -0.15) is 0 Å². The number of pyridine rings is 1. The normalized spacial score (nSPS) is 10.9. The minimum atomic E-state index is -0.523. The highest BCUT2D eigenvalue weighted by Gasteiger charge is 2.18. The van der Waals surface area contributed by atoms with Crippen molar-refractivity contribution in [2.24, 2.45) is 0 Å². The van der Waals surface area contributed by atoms with Crippen LogP contribution in [0, 0.1) is 12.7 Å². The van der Waals surface area contributed by atoms with Gasteiger partial charge in [0, 0.05) is 29.2 Å². The number of fused-ring (bicyclic) bond motifs is 1. The average Bonchev–Trinajstić information content (AvgIpc) is 3.17. The summed E-state index contributed by atoms with van der Waals surface area (Å²) in [7, 11) is 0. The van der Waals surface area contributed by atoms with Crippen LogP contribution < -0.4 is 5.32 Å². The highest BCUT2D eigenvalue weighted by atomic mass is 35.5. The summed E-state index contributed by atoms with van der Waals surface area (Å²) in [5.74, 6) is -1.03. The molecule has 0 radical (unpaired) electrons. The van der Waals surface area contributed by atoms with Crippen LogP contribution in [0.4, 0.5) is 15.8 Å². The molecule has 30 heavy (non-hydrogen) atoms. The van der Waals surface area contributed by atoms with Gasteiger partial charge in [0.2, 0.25) is 0 Å². The van der Waals surface area contributed by atoms with Crippen molar-refractivity contribution in [3.05, 3.63) is 77.2 Å². The van der Waals surface area contributed by atoms with Crippen molar-refractivity contribution >= 4 is 39.8 Å². The van der Waals surface area contributed by atoms with Crippen LogP contribution >= 0.6 is 11.6 Å². The molecule has 0 spiro atoms. The molecular weight excluding hydrogens is 407 g/mol. The van der Waals surface area contributed by atoms with E-state index in [1.165, 1.54) is 18.3 Å². The van der Waals surface area contributed by atoms with Gasteiger partial charge < -0.3 is 14.6 Å². The largest absolute Gasteiger partial charge is 0.462 e. The molecule has 0 saturated heterocycles. The lowest BCUT2D eigenvalue weighted by molar-refractivity contribution is 0.0527. The maximum Gasteiger partial charge on any atom is 0.341 e. The number of imidazole rings is 1. The van der Waals surface area contributed by atoms with E-state index in [1.807, 2.05) is 35.9 Å². The SMILES string of the molecule is CCOC(=O)c1cnc2ccc(-n3cnc(C)c3)cc2c1Nc1ccc(F)c(Cl)c1. The molecule has 4 rings (SSSR count). The second-order valence-electron chi connectivity index (χ2n) is 6.65. The molecule has 0 unspecified atom stereocenters. The van der Waals surface area contributed by atoms with E-state index in [1.54, 1.807) is 19.3 Å². The third-order valence-electron chi connectivity index (χ3n) is 4.55. The quantitative estimate of drug-likeness (QED) is 0.432. The first-order chi connectivity index (χ1) is 14.5. The standard InChI is InChI=1S/C22H18ClFN4O2/c1-3-30-22(29)17-10-25-20-7-5-15(28-11-13(2)26-12-28)9-16(20)21(17)27-14-4-6-19(24)18(23)8-14/h4-12H,3H2,1-2H3,(H,25,27). The Morgan fingerprint density at radius 1 is 1.23 bits per heavy atom. The topological polar surface area (TPSA) is 69.0 Å². The third-order valence-corrected chi connectivity index (χ3v) is 4.84. The van der Waals surface area contributed by atoms with Crippen molar-refractivity contribution in [2.45, 2.75) is 13.8 Å². The van der Waals surface area contributed by atoms with E-state index in [0.717, 1.165) is 11.4 Å². The van der Waals surface area contributed by atoms with Gasteiger partial charge in [-0.15, -0.1) is 0 Å². The van der Waals surface area contributed by atoms with Crippen LogP contribution in [0.25, 0.3) is 16.6 Å². The Hall–Kier alpha value is -3.45. The van der Waals surface area contributed by atoms with E-state index in [4.69, 9.17) is 16.3 Å². The number of esters is 1. The number of halogens is 2. The van der Waals surface area contributed by atoms with Crippen molar-refractivity contribution in [2.75, 3.05) is 11.9 Å². The lowest BCUT2D eigenvalue weighted by Crippen LogP contribution is -2.09. The van der Waals surface area contributed by atoms with Gasteiger partial charge in [-0.05, 0) is 50.2 Å². The number of ether oxygens (including phenoxy) is 1. The molecule has 2 heterocycles. The summed E-state index contributed by atoms with van der Waals surface area (Å²) in [6.45, 7) is 3.87. The Morgan fingerprint density at radius 2 is 2.07 bits per heavy atom. The number of carbonyl (C=O) groups excluding carboxylic acids is 1. The summed E-state index contributed by atoms with van der Waals surface area (Å²) in [4.78, 5) is 21.2. The number of nitrogens with zero attached hydrogens (tertiary/aromatic N) is 3. The monoisotopic (exact) mass is 424 g/mol. The third kappa shape index (κ3) is 3.84. The van der Waals surface area contributed by atoms with Crippen LogP contribution in [-0.4, -0.2) is 27.1 Å². The zero-order valence-electron chi connectivity index (χ0n) is 16.3. The van der Waals surface area contributed by atoms with Gasteiger partial charge in [0.15, 0.2) is 0 Å². The number of hydrogen-bond donors (Lipinski definition) is 1. The van der Waals surface area contributed by atoms with E-state index < -0.39 is 11.8 Å². The fraction of sp³-hybridized carbons (Fsp3) is 0.136. The van der Waals surface area contributed by atoms with Crippen molar-refractivity contribution in [1.29, 1.82) is 0 Å². The maximum atomic E-state index is 13.6. The number of aromatic nitrogens is 3. The maximum absolute atomic E-state index is 13.6. The molecule has 152 valence electrons. The van der Waals surface area contributed by atoms with Crippen LogP contribution in [0.2, 0.25) is 5.02 Å². The first kappa shape index (κ1) is 19.8. The molecule has 0 aliphatic rings. The molecule has 0 atom stereocenters. The molecule has 0 fully saturated rings. The molecule has 2 aromatic carbocycles. The number of benzene rings is 2. The second-order valence-corrected chi connectivity index (χ2v) is 7.05. The van der Waals surface area contributed by atoms with Crippen LogP contribution in [0.3, 0.4) is 0 Å². The van der Waals surface area contributed by atoms with Gasteiger partial charge in [0.05, 0.1) is 34.9 Å². The molecule has 0 bridgehead atoms. The number of nitrogens with one attached hydrogen (secondary N) is 1. The predicted molar refractivity (Wildman–Crippen MR) is 114 cm³/mol. The minimum Gasteiger partial charge on any atom is -0.462 e. The van der Waals surface area contributed by atoms with E-state index in [2.05, 4.69) is 15.3 Å². The van der Waals surface area contributed by atoms with Crippen molar-refractivity contribution < 1.29 is 13.9 Å². The molecule has 0 aliphatic carbocycles. The summed E-state index contributed by atoms with van der Waals surface area (Å²) in [6.07, 6.45) is 5.08. The molecule has 6 nitrogen and oxygen atoms in total. The molecule has 0 amide bonds. The summed E-state index contributed by atoms with van der Waals surface area (Å²) in [5.41, 5.74) is 3.71. The van der Waals surface area contributed by atoms with Gasteiger partial charge in [-0.3, -0.25) is 4.98 Å². The van der Waals surface area contributed by atoms with Crippen LogP contribution in [0.5, 0.6) is 0 Å². The predicted octanol–water partition coefficient (Wildman–Crippen LogP) is 5.44. The van der Waals surface area contributed by atoms with Crippen molar-refractivity contribution in [3.63, 3.8) is 0 Å². The number of rotatable bonds is 5. The Kier molecular flexibility index (Phi) is 5.37. The molecular formula is C22H18ClFN4O2. The van der Waals surface area contributed by atoms with Gasteiger partial charge >= 0.3 is 5.97 Å². The van der Waals surface area contributed by atoms with Crippen molar-refractivity contribution in [1.82, 2.24) is 14.5 Å². The van der Waals surface area contributed by atoms with Crippen LogP contribution in [0.15, 0.2) is 55.1 Å². The van der Waals surface area contributed by atoms with Crippen LogP contribution in [0.1, 0.15) is 23.0 Å². The van der Waals surface area contributed by atoms with Gasteiger partial charge in [-0.1, -0.05) is 11.6 Å². The van der Waals surface area contributed by atoms with Crippen LogP contribution in [-0.2, 0) is 4.74 Å². The number of anilines is 2. The lowest BCUT2D eigenvalue weighted by atomic mass is 10.1. The Morgan fingerprint density at radius 3 is 2.77 bits per heavy atom. The summed E-state index contributed by atoms with van der Waals surface area (Å²) in [5, 5.41) is 3.87. The molecule has 2 aromatic heterocycles. The fourth-order valence-electron chi connectivity index (χ4n) is 3.12. The van der Waals surface area contributed by atoms with Gasteiger partial charge in [0.25, 0.3) is 0 Å². The summed E-state index contributed by atoms with van der Waals surface area (Å²) in [6, 6.07) is 9.95. The Labute approximate surface area is 177 Å². The number of carbonyl (C=O) groups is 1. The Balaban J connectivity index is 1.90. The number of aryl methyl sites for hydroxylation is 1. The summed E-state index contributed by atoms with van der Waals surface area (Å²) < 4.78 is 20.7. The number of hydrogen-bond acceptors (Lipinski definition) is 5. The highest BCUT2D eigenvalue weighted by Crippen LogP contribution is 2.32. The van der Waals surface area contributed by atoms with E-state index in [-0.39, 0.29) is 17.2 Å². The zero-order valence-corrected chi connectivity index (χ0v) is 17.1. The average molecular weight is 425 g/mol. The molecule has 8 heteroatoms. The van der Waals surface area contributed by atoms with E-state index in [9.17, 15) is 9.18 Å². The molecule has 4 aromatic rings. The highest BCUT2D eigenvalue weighted by molar-refractivity contribution is 6.31. The summed E-state index contributed by atoms with van der Waals surface area (Å²) >= 11 is 5.93. The zero-order chi connectivity index (χ0) is 21.3. The second kappa shape index (κ2) is 8.12. The molecule has 1 N–H and O–H groups in total. The fourth-order valence-corrected chi connectivity index (χ4v) is 3.30. The van der Waals surface area contributed by atoms with Gasteiger partial charge in [-0.25, -0.2) is 14.2 Å². The lowest BCUT2D eigenvalue weighted by Gasteiger charge is -2.15. The molecule has 0 aliphatic heterocycles. The van der Waals surface area contributed by atoms with Gasteiger partial charge in [0.1, 0.15) is 11.4 Å². The smallest absolute Gasteiger partial charge is 0.341 e. The first-order valence-corrected chi connectivity index (χ1v) is 9.67.